The van der Waals surface area contributed by atoms with Crippen LogP contribution in [0.3, 0.4) is 0 Å². The van der Waals surface area contributed by atoms with E-state index in [1.165, 1.54) is 22.3 Å². The Balaban J connectivity index is 2.35. The van der Waals surface area contributed by atoms with Gasteiger partial charge in [0, 0.05) is 6.61 Å². The number of hydrogen-bond donors (Lipinski definition) is 2. The SMILES string of the molecule is Cc1ccc(CCNCCCCO)c(C)c1C. The molecule has 0 saturated carbocycles. The summed E-state index contributed by atoms with van der Waals surface area (Å²) < 4.78 is 0. The lowest BCUT2D eigenvalue weighted by molar-refractivity contribution is 0.284. The van der Waals surface area contributed by atoms with E-state index < -0.39 is 0 Å². The molecule has 0 amide bonds. The molecule has 0 saturated heterocycles. The number of aliphatic hydroxyl groups excluding tert-OH is 1. The third-order valence-corrected chi connectivity index (χ3v) is 3.50. The number of hydrogen-bond acceptors (Lipinski definition) is 2. The van der Waals surface area contributed by atoms with Crippen LogP contribution in [-0.4, -0.2) is 24.8 Å². The topological polar surface area (TPSA) is 32.3 Å². The molecule has 2 nitrogen and oxygen atoms in total. The number of benzene rings is 1. The highest BCUT2D eigenvalue weighted by atomic mass is 16.2. The van der Waals surface area contributed by atoms with Crippen molar-refractivity contribution in [3.05, 3.63) is 34.4 Å². The number of aliphatic hydroxyl groups is 1. The molecule has 2 heteroatoms. The van der Waals surface area contributed by atoms with Crippen LogP contribution in [0.15, 0.2) is 12.1 Å². The lowest BCUT2D eigenvalue weighted by Crippen LogP contribution is -2.19. The first kappa shape index (κ1) is 14.2. The molecule has 0 unspecified atom stereocenters. The molecule has 0 heterocycles. The highest BCUT2D eigenvalue weighted by molar-refractivity contribution is 5.38. The van der Waals surface area contributed by atoms with Crippen LogP contribution in [0, 0.1) is 20.8 Å². The molecule has 1 aromatic rings. The maximum absolute atomic E-state index is 8.67. The average molecular weight is 235 g/mol. The van der Waals surface area contributed by atoms with Crippen LogP contribution in [0.1, 0.15) is 35.1 Å². The summed E-state index contributed by atoms with van der Waals surface area (Å²) in [5, 5.41) is 12.1. The second kappa shape index (κ2) is 7.46. The summed E-state index contributed by atoms with van der Waals surface area (Å²) in [7, 11) is 0. The largest absolute Gasteiger partial charge is 0.396 e. The van der Waals surface area contributed by atoms with Gasteiger partial charge in [-0.05, 0) is 75.4 Å². The Labute approximate surface area is 105 Å². The monoisotopic (exact) mass is 235 g/mol. The maximum atomic E-state index is 8.67. The second-order valence-corrected chi connectivity index (χ2v) is 4.72. The smallest absolute Gasteiger partial charge is 0.0431 e. The van der Waals surface area contributed by atoms with Crippen molar-refractivity contribution in [2.24, 2.45) is 0 Å². The Bertz CT molecular complexity index is 347. The van der Waals surface area contributed by atoms with Crippen LogP contribution in [0.5, 0.6) is 0 Å². The molecule has 0 aliphatic heterocycles. The van der Waals surface area contributed by atoms with Crippen LogP contribution >= 0.6 is 0 Å². The van der Waals surface area contributed by atoms with Gasteiger partial charge in [0.1, 0.15) is 0 Å². The van der Waals surface area contributed by atoms with Crippen molar-refractivity contribution >= 4 is 0 Å². The van der Waals surface area contributed by atoms with Gasteiger partial charge in [0.15, 0.2) is 0 Å². The number of rotatable bonds is 7. The third-order valence-electron chi connectivity index (χ3n) is 3.50. The lowest BCUT2D eigenvalue weighted by atomic mass is 9.97. The van der Waals surface area contributed by atoms with Crippen molar-refractivity contribution in [1.29, 1.82) is 0 Å². The zero-order chi connectivity index (χ0) is 12.7. The summed E-state index contributed by atoms with van der Waals surface area (Å²) in [4.78, 5) is 0. The zero-order valence-electron chi connectivity index (χ0n) is 11.3. The van der Waals surface area contributed by atoms with Crippen LogP contribution in [0.4, 0.5) is 0 Å². The summed E-state index contributed by atoms with van der Waals surface area (Å²) in [6, 6.07) is 4.45. The van der Waals surface area contributed by atoms with E-state index in [9.17, 15) is 0 Å². The summed E-state index contributed by atoms with van der Waals surface area (Å²) in [5.41, 5.74) is 5.68. The van der Waals surface area contributed by atoms with Crippen molar-refractivity contribution in [1.82, 2.24) is 5.32 Å². The van der Waals surface area contributed by atoms with Gasteiger partial charge in [-0.2, -0.15) is 0 Å². The Morgan fingerprint density at radius 2 is 1.76 bits per heavy atom. The summed E-state index contributed by atoms with van der Waals surface area (Å²) in [6.45, 7) is 8.91. The van der Waals surface area contributed by atoms with Gasteiger partial charge < -0.3 is 10.4 Å². The second-order valence-electron chi connectivity index (χ2n) is 4.72. The Morgan fingerprint density at radius 3 is 2.47 bits per heavy atom. The normalized spacial score (nSPS) is 10.8. The van der Waals surface area contributed by atoms with Gasteiger partial charge in [0.25, 0.3) is 0 Å². The molecule has 96 valence electrons. The van der Waals surface area contributed by atoms with Gasteiger partial charge in [-0.15, -0.1) is 0 Å². The average Bonchev–Trinajstić information content (AvgIpc) is 2.33. The highest BCUT2D eigenvalue weighted by Crippen LogP contribution is 2.17. The van der Waals surface area contributed by atoms with E-state index in [0.29, 0.717) is 6.61 Å². The minimum atomic E-state index is 0.304. The molecular formula is C15H25NO. The standard InChI is InChI=1S/C15H25NO/c1-12-6-7-15(14(3)13(12)2)8-10-16-9-4-5-11-17/h6-7,16-17H,4-5,8-11H2,1-3H3. The molecule has 0 aliphatic carbocycles. The predicted octanol–water partition coefficient (Wildman–Crippen LogP) is 2.52. The van der Waals surface area contributed by atoms with E-state index in [1.807, 2.05) is 0 Å². The summed E-state index contributed by atoms with van der Waals surface area (Å²) in [6.07, 6.45) is 3.05. The summed E-state index contributed by atoms with van der Waals surface area (Å²) >= 11 is 0. The molecule has 0 fully saturated rings. The van der Waals surface area contributed by atoms with E-state index >= 15 is 0 Å². The van der Waals surface area contributed by atoms with Gasteiger partial charge in [-0.3, -0.25) is 0 Å². The molecule has 0 aromatic heterocycles. The van der Waals surface area contributed by atoms with Gasteiger partial charge in [0.05, 0.1) is 0 Å². The molecule has 0 atom stereocenters. The highest BCUT2D eigenvalue weighted by Gasteiger charge is 2.02. The van der Waals surface area contributed by atoms with Crippen LogP contribution in [0.2, 0.25) is 0 Å². The van der Waals surface area contributed by atoms with E-state index in [2.05, 4.69) is 38.2 Å². The Hall–Kier alpha value is -0.860. The van der Waals surface area contributed by atoms with Gasteiger partial charge in [0.2, 0.25) is 0 Å². The van der Waals surface area contributed by atoms with Crippen LogP contribution in [-0.2, 0) is 6.42 Å². The van der Waals surface area contributed by atoms with E-state index in [4.69, 9.17) is 5.11 Å². The zero-order valence-corrected chi connectivity index (χ0v) is 11.3. The molecule has 0 spiro atoms. The Morgan fingerprint density at radius 1 is 1.00 bits per heavy atom. The third kappa shape index (κ3) is 4.49. The quantitative estimate of drug-likeness (QED) is 0.712. The molecule has 0 aliphatic rings. The first-order valence-electron chi connectivity index (χ1n) is 6.54. The van der Waals surface area contributed by atoms with Crippen molar-refractivity contribution in [2.45, 2.75) is 40.0 Å². The fourth-order valence-electron chi connectivity index (χ4n) is 1.99. The fraction of sp³-hybridized carbons (Fsp3) is 0.600. The molecular weight excluding hydrogens is 210 g/mol. The minimum absolute atomic E-state index is 0.304. The molecule has 17 heavy (non-hydrogen) atoms. The van der Waals surface area contributed by atoms with E-state index in [1.54, 1.807) is 0 Å². The number of aryl methyl sites for hydroxylation is 1. The van der Waals surface area contributed by atoms with E-state index in [0.717, 1.165) is 32.4 Å². The predicted molar refractivity (Wildman–Crippen MR) is 73.5 cm³/mol. The van der Waals surface area contributed by atoms with Crippen molar-refractivity contribution < 1.29 is 5.11 Å². The molecule has 1 aromatic carbocycles. The van der Waals surface area contributed by atoms with Gasteiger partial charge >= 0.3 is 0 Å². The van der Waals surface area contributed by atoms with Crippen molar-refractivity contribution in [3.63, 3.8) is 0 Å². The fourth-order valence-corrected chi connectivity index (χ4v) is 1.99. The lowest BCUT2D eigenvalue weighted by Gasteiger charge is -2.11. The van der Waals surface area contributed by atoms with Crippen LogP contribution in [0.25, 0.3) is 0 Å². The van der Waals surface area contributed by atoms with Gasteiger partial charge in [-0.25, -0.2) is 0 Å². The molecule has 2 N–H and O–H groups in total. The minimum Gasteiger partial charge on any atom is -0.396 e. The number of unbranched alkanes of at least 4 members (excludes halogenated alkanes) is 1. The first-order chi connectivity index (χ1) is 8.16. The van der Waals surface area contributed by atoms with Crippen molar-refractivity contribution in [3.8, 4) is 0 Å². The Kier molecular flexibility index (Phi) is 6.23. The summed E-state index contributed by atoms with van der Waals surface area (Å²) in [5.74, 6) is 0. The maximum Gasteiger partial charge on any atom is 0.0431 e. The van der Waals surface area contributed by atoms with Crippen molar-refractivity contribution in [2.75, 3.05) is 19.7 Å². The van der Waals surface area contributed by atoms with Crippen LogP contribution < -0.4 is 5.32 Å². The molecule has 0 bridgehead atoms. The first-order valence-corrected chi connectivity index (χ1v) is 6.54. The molecule has 1 rings (SSSR count). The van der Waals surface area contributed by atoms with Gasteiger partial charge in [-0.1, -0.05) is 12.1 Å². The van der Waals surface area contributed by atoms with E-state index in [-0.39, 0.29) is 0 Å². The molecule has 0 radical (unpaired) electrons. The number of nitrogens with one attached hydrogen (secondary N) is 1.